The van der Waals surface area contributed by atoms with Crippen molar-refractivity contribution in [2.24, 2.45) is 0 Å². The molecule has 1 N–H and O–H groups in total. The zero-order chi connectivity index (χ0) is 12.1. The molecule has 96 valence electrons. The molecule has 0 amide bonds. The quantitative estimate of drug-likeness (QED) is 0.877. The van der Waals surface area contributed by atoms with Gasteiger partial charge in [-0.1, -0.05) is 0 Å². The van der Waals surface area contributed by atoms with Crippen LogP contribution in [0.1, 0.15) is 36.4 Å². The first kappa shape index (κ1) is 13.0. The van der Waals surface area contributed by atoms with Gasteiger partial charge in [-0.2, -0.15) is 0 Å². The fourth-order valence-corrected chi connectivity index (χ4v) is 3.17. The van der Waals surface area contributed by atoms with E-state index in [0.717, 1.165) is 25.1 Å². The van der Waals surface area contributed by atoms with Gasteiger partial charge in [-0.15, -0.1) is 11.3 Å². The Labute approximate surface area is 108 Å². The maximum absolute atomic E-state index is 5.80. The molecule has 1 aromatic heterocycles. The summed E-state index contributed by atoms with van der Waals surface area (Å²) in [4.78, 5) is 4.53. The van der Waals surface area contributed by atoms with Gasteiger partial charge in [-0.25, -0.2) is 4.98 Å². The van der Waals surface area contributed by atoms with Crippen LogP contribution in [0.15, 0.2) is 5.38 Å². The second-order valence-corrected chi connectivity index (χ2v) is 5.74. The Bertz CT molecular complexity index is 334. The summed E-state index contributed by atoms with van der Waals surface area (Å²) in [7, 11) is 2.04. The molecule has 0 aromatic carbocycles. The standard InChI is InChI=1S/C13H22N2OS/c1-10-9-17-13(15-10)8-11(14-2)7-12-5-3-4-6-16-12/h9,11-12,14H,3-8H2,1-2H3. The molecule has 1 aliphatic rings. The molecule has 4 heteroatoms. The number of ether oxygens (including phenoxy) is 1. The second-order valence-electron chi connectivity index (χ2n) is 4.80. The van der Waals surface area contributed by atoms with Gasteiger partial charge >= 0.3 is 0 Å². The monoisotopic (exact) mass is 254 g/mol. The molecule has 17 heavy (non-hydrogen) atoms. The number of hydrogen-bond acceptors (Lipinski definition) is 4. The van der Waals surface area contributed by atoms with Crippen LogP contribution in [0.3, 0.4) is 0 Å². The number of aromatic nitrogens is 1. The molecule has 2 atom stereocenters. The highest BCUT2D eigenvalue weighted by Gasteiger charge is 2.19. The van der Waals surface area contributed by atoms with Gasteiger partial charge in [0.05, 0.1) is 11.1 Å². The number of nitrogens with zero attached hydrogens (tertiary/aromatic N) is 1. The molecule has 0 saturated carbocycles. The van der Waals surface area contributed by atoms with Crippen molar-refractivity contribution in [2.45, 2.75) is 51.2 Å². The van der Waals surface area contributed by atoms with Gasteiger partial charge in [0, 0.05) is 30.1 Å². The lowest BCUT2D eigenvalue weighted by atomic mass is 10.0. The highest BCUT2D eigenvalue weighted by Crippen LogP contribution is 2.19. The van der Waals surface area contributed by atoms with Crippen molar-refractivity contribution in [3.63, 3.8) is 0 Å². The van der Waals surface area contributed by atoms with E-state index >= 15 is 0 Å². The van der Waals surface area contributed by atoms with Gasteiger partial charge in [0.25, 0.3) is 0 Å². The predicted octanol–water partition coefficient (Wildman–Crippen LogP) is 2.54. The first-order chi connectivity index (χ1) is 8.28. The average molecular weight is 254 g/mol. The summed E-state index contributed by atoms with van der Waals surface area (Å²) in [6.45, 7) is 3.00. The van der Waals surface area contributed by atoms with Gasteiger partial charge in [0.1, 0.15) is 0 Å². The van der Waals surface area contributed by atoms with E-state index in [2.05, 4.69) is 22.6 Å². The molecule has 2 heterocycles. The number of aryl methyl sites for hydroxylation is 1. The predicted molar refractivity (Wildman–Crippen MR) is 71.6 cm³/mol. The summed E-state index contributed by atoms with van der Waals surface area (Å²) in [5, 5.41) is 6.75. The van der Waals surface area contributed by atoms with Crippen molar-refractivity contribution in [3.05, 3.63) is 16.1 Å². The first-order valence-electron chi connectivity index (χ1n) is 6.48. The zero-order valence-corrected chi connectivity index (χ0v) is 11.6. The summed E-state index contributed by atoms with van der Waals surface area (Å²) in [5.74, 6) is 0. The summed E-state index contributed by atoms with van der Waals surface area (Å²) >= 11 is 1.76. The van der Waals surface area contributed by atoms with E-state index in [1.165, 1.54) is 24.3 Å². The maximum atomic E-state index is 5.80. The van der Waals surface area contributed by atoms with Crippen molar-refractivity contribution in [2.75, 3.05) is 13.7 Å². The van der Waals surface area contributed by atoms with Crippen LogP contribution in [0.25, 0.3) is 0 Å². The van der Waals surface area contributed by atoms with Crippen LogP contribution in [0.5, 0.6) is 0 Å². The van der Waals surface area contributed by atoms with Crippen LogP contribution in [0, 0.1) is 6.92 Å². The fourth-order valence-electron chi connectivity index (χ4n) is 2.32. The van der Waals surface area contributed by atoms with E-state index in [1.807, 2.05) is 7.05 Å². The molecule has 2 rings (SSSR count). The molecule has 2 unspecified atom stereocenters. The summed E-state index contributed by atoms with van der Waals surface area (Å²) in [6, 6.07) is 0.489. The van der Waals surface area contributed by atoms with Gasteiger partial charge < -0.3 is 10.1 Å². The van der Waals surface area contributed by atoms with Crippen molar-refractivity contribution in [3.8, 4) is 0 Å². The highest BCUT2D eigenvalue weighted by atomic mass is 32.1. The first-order valence-corrected chi connectivity index (χ1v) is 7.35. The fraction of sp³-hybridized carbons (Fsp3) is 0.769. The minimum Gasteiger partial charge on any atom is -0.378 e. The van der Waals surface area contributed by atoms with Crippen LogP contribution in [-0.2, 0) is 11.2 Å². The minimum atomic E-state index is 0.447. The average Bonchev–Trinajstić information content (AvgIpc) is 2.75. The van der Waals surface area contributed by atoms with E-state index < -0.39 is 0 Å². The normalized spacial score (nSPS) is 22.6. The highest BCUT2D eigenvalue weighted by molar-refractivity contribution is 7.09. The minimum absolute atomic E-state index is 0.447. The Morgan fingerprint density at radius 2 is 2.47 bits per heavy atom. The Balaban J connectivity index is 1.83. The van der Waals surface area contributed by atoms with E-state index in [-0.39, 0.29) is 0 Å². The Morgan fingerprint density at radius 3 is 3.06 bits per heavy atom. The lowest BCUT2D eigenvalue weighted by Gasteiger charge is -2.26. The zero-order valence-electron chi connectivity index (χ0n) is 10.7. The molecule has 1 aliphatic heterocycles. The molecule has 0 aliphatic carbocycles. The van der Waals surface area contributed by atoms with Crippen molar-refractivity contribution in [1.29, 1.82) is 0 Å². The van der Waals surface area contributed by atoms with E-state index in [9.17, 15) is 0 Å². The van der Waals surface area contributed by atoms with Crippen molar-refractivity contribution >= 4 is 11.3 Å². The SMILES string of the molecule is CNC(Cc1nc(C)cs1)CC1CCCCO1. The number of nitrogens with one attached hydrogen (secondary N) is 1. The third-order valence-corrected chi connectivity index (χ3v) is 4.31. The lowest BCUT2D eigenvalue weighted by Crippen LogP contribution is -2.34. The van der Waals surface area contributed by atoms with Crippen LogP contribution >= 0.6 is 11.3 Å². The summed E-state index contributed by atoms with van der Waals surface area (Å²) < 4.78 is 5.80. The number of hydrogen-bond donors (Lipinski definition) is 1. The Hall–Kier alpha value is -0.450. The van der Waals surface area contributed by atoms with Crippen LogP contribution in [0.2, 0.25) is 0 Å². The van der Waals surface area contributed by atoms with Gasteiger partial charge in [0.2, 0.25) is 0 Å². The molecule has 1 fully saturated rings. The molecular weight excluding hydrogens is 232 g/mol. The summed E-state index contributed by atoms with van der Waals surface area (Å²) in [6.07, 6.45) is 6.34. The maximum Gasteiger partial charge on any atom is 0.0943 e. The number of rotatable bonds is 5. The van der Waals surface area contributed by atoms with Crippen molar-refractivity contribution < 1.29 is 4.74 Å². The van der Waals surface area contributed by atoms with E-state index in [1.54, 1.807) is 11.3 Å². The van der Waals surface area contributed by atoms with Gasteiger partial charge in [-0.05, 0) is 39.7 Å². The molecule has 3 nitrogen and oxygen atoms in total. The second kappa shape index (κ2) is 6.47. The van der Waals surface area contributed by atoms with E-state index in [0.29, 0.717) is 12.1 Å². The summed E-state index contributed by atoms with van der Waals surface area (Å²) in [5.41, 5.74) is 1.13. The lowest BCUT2D eigenvalue weighted by molar-refractivity contribution is 0.00568. The van der Waals surface area contributed by atoms with Gasteiger partial charge in [0.15, 0.2) is 0 Å². The molecular formula is C13H22N2OS. The smallest absolute Gasteiger partial charge is 0.0943 e. The molecule has 1 saturated heterocycles. The van der Waals surface area contributed by atoms with Crippen molar-refractivity contribution in [1.82, 2.24) is 10.3 Å². The topological polar surface area (TPSA) is 34.2 Å². The molecule has 0 spiro atoms. The van der Waals surface area contributed by atoms with E-state index in [4.69, 9.17) is 4.74 Å². The molecule has 1 aromatic rings. The number of thiazole rings is 1. The van der Waals surface area contributed by atoms with Gasteiger partial charge in [-0.3, -0.25) is 0 Å². The Kier molecular flexibility index (Phi) is 4.95. The van der Waals surface area contributed by atoms with Crippen LogP contribution < -0.4 is 5.32 Å². The third kappa shape index (κ3) is 4.05. The molecule has 0 radical (unpaired) electrons. The van der Waals surface area contributed by atoms with Crippen LogP contribution in [0.4, 0.5) is 0 Å². The third-order valence-electron chi connectivity index (χ3n) is 3.32. The number of likely N-dealkylation sites (N-methyl/N-ethyl adjacent to an activating group) is 1. The van der Waals surface area contributed by atoms with Crippen LogP contribution in [-0.4, -0.2) is 30.8 Å². The Morgan fingerprint density at radius 1 is 1.59 bits per heavy atom. The molecule has 0 bridgehead atoms. The largest absolute Gasteiger partial charge is 0.378 e.